The molecule has 1 aromatic carbocycles. The van der Waals surface area contributed by atoms with Crippen LogP contribution in [-0.4, -0.2) is 32.8 Å². The molecule has 1 unspecified atom stereocenters. The van der Waals surface area contributed by atoms with Gasteiger partial charge in [0.25, 0.3) is 0 Å². The zero-order valence-corrected chi connectivity index (χ0v) is 15.9. The monoisotopic (exact) mass is 439 g/mol. The number of hydrogen-bond acceptors (Lipinski definition) is 4. The van der Waals surface area contributed by atoms with Crippen molar-refractivity contribution in [3.8, 4) is 0 Å². The van der Waals surface area contributed by atoms with Crippen LogP contribution >= 0.6 is 0 Å². The molecule has 0 bridgehead atoms. The summed E-state index contributed by atoms with van der Waals surface area (Å²) in [6, 6.07) is -0.741. The SMILES string of the molecule is C=C/C=C(/C=C/C(=O)NCc1cc(F)c(NS(C)(=O)=O)c(F)c1)C(N)C(F)(F)F. The topological polar surface area (TPSA) is 101 Å². The van der Waals surface area contributed by atoms with Gasteiger partial charge in [0.1, 0.15) is 11.7 Å². The Balaban J connectivity index is 2.85. The maximum absolute atomic E-state index is 13.9. The van der Waals surface area contributed by atoms with Crippen LogP contribution < -0.4 is 15.8 Å². The first-order chi connectivity index (χ1) is 13.2. The number of halogens is 5. The number of amides is 1. The third-order valence-electron chi connectivity index (χ3n) is 3.31. The Morgan fingerprint density at radius 2 is 1.79 bits per heavy atom. The normalized spacial score (nSPS) is 14.0. The fraction of sp³-hybridized carbons (Fsp3) is 0.235. The lowest BCUT2D eigenvalue weighted by atomic mass is 10.1. The molecule has 29 heavy (non-hydrogen) atoms. The fourth-order valence-corrected chi connectivity index (χ4v) is 2.58. The highest BCUT2D eigenvalue weighted by atomic mass is 32.2. The molecule has 160 valence electrons. The van der Waals surface area contributed by atoms with Crippen LogP contribution in [0.2, 0.25) is 0 Å². The highest BCUT2D eigenvalue weighted by molar-refractivity contribution is 7.92. The standard InChI is InChI=1S/C17H18F5N3O3S/c1-3-4-11(16(23)17(20,21)22)5-6-14(26)24-9-10-7-12(18)15(13(19)8-10)25-29(2,27)28/h3-8,16,25H,1,9,23H2,2H3,(H,24,26)/b6-5+,11-4-. The largest absolute Gasteiger partial charge is 0.407 e. The van der Waals surface area contributed by atoms with Gasteiger partial charge >= 0.3 is 6.18 Å². The van der Waals surface area contributed by atoms with Crippen LogP contribution in [0.15, 0.2) is 48.6 Å². The molecule has 0 aromatic heterocycles. The van der Waals surface area contributed by atoms with Crippen LogP contribution in [0.1, 0.15) is 5.56 Å². The molecule has 0 fully saturated rings. The van der Waals surface area contributed by atoms with E-state index in [0.717, 1.165) is 36.4 Å². The van der Waals surface area contributed by atoms with Crippen molar-refractivity contribution in [2.75, 3.05) is 11.0 Å². The van der Waals surface area contributed by atoms with Crippen molar-refractivity contribution >= 4 is 21.6 Å². The first-order valence-corrected chi connectivity index (χ1v) is 9.70. The maximum atomic E-state index is 13.9. The van der Waals surface area contributed by atoms with Gasteiger partial charge in [-0.05, 0) is 23.3 Å². The molecule has 0 aliphatic heterocycles. The van der Waals surface area contributed by atoms with E-state index in [1.54, 1.807) is 4.72 Å². The van der Waals surface area contributed by atoms with Crippen molar-refractivity contribution in [3.63, 3.8) is 0 Å². The third-order valence-corrected chi connectivity index (χ3v) is 3.88. The van der Waals surface area contributed by atoms with Gasteiger partial charge in [-0.3, -0.25) is 9.52 Å². The fourth-order valence-electron chi connectivity index (χ4n) is 2.02. The predicted molar refractivity (Wildman–Crippen MR) is 98.1 cm³/mol. The minimum absolute atomic E-state index is 0.0466. The number of benzene rings is 1. The summed E-state index contributed by atoms with van der Waals surface area (Å²) in [5.41, 5.74) is 3.73. The zero-order valence-electron chi connectivity index (χ0n) is 15.1. The molecule has 1 rings (SSSR count). The van der Waals surface area contributed by atoms with Crippen molar-refractivity contribution in [1.82, 2.24) is 5.32 Å². The molecule has 0 saturated carbocycles. The van der Waals surface area contributed by atoms with Gasteiger partial charge in [0.05, 0.1) is 6.26 Å². The number of anilines is 1. The molecular formula is C17H18F5N3O3S. The Bertz CT molecular complexity index is 917. The molecule has 0 aliphatic carbocycles. The Morgan fingerprint density at radius 1 is 1.24 bits per heavy atom. The third kappa shape index (κ3) is 8.03. The number of carbonyl (C=O) groups excluding carboxylic acids is 1. The molecular weight excluding hydrogens is 421 g/mol. The van der Waals surface area contributed by atoms with E-state index >= 15 is 0 Å². The van der Waals surface area contributed by atoms with E-state index in [0.29, 0.717) is 6.26 Å². The lowest BCUT2D eigenvalue weighted by Crippen LogP contribution is -2.38. The van der Waals surface area contributed by atoms with E-state index in [9.17, 15) is 35.2 Å². The second-order valence-corrected chi connectivity index (χ2v) is 7.53. The molecule has 0 radical (unpaired) electrons. The van der Waals surface area contributed by atoms with Crippen LogP contribution in [0.4, 0.5) is 27.6 Å². The highest BCUT2D eigenvalue weighted by Crippen LogP contribution is 2.24. The smallest absolute Gasteiger partial charge is 0.348 e. The number of nitrogens with two attached hydrogens (primary N) is 1. The molecule has 1 aromatic rings. The lowest BCUT2D eigenvalue weighted by Gasteiger charge is -2.16. The van der Waals surface area contributed by atoms with Crippen molar-refractivity contribution < 1.29 is 35.2 Å². The number of rotatable bonds is 8. The molecule has 1 amide bonds. The average Bonchev–Trinajstić information content (AvgIpc) is 2.57. The Kier molecular flexibility index (Phi) is 8.09. The molecule has 1 atom stereocenters. The Hall–Kier alpha value is -2.73. The summed E-state index contributed by atoms with van der Waals surface area (Å²) in [6.07, 6.45) is -0.345. The van der Waals surface area contributed by atoms with Crippen LogP contribution in [0.25, 0.3) is 0 Å². The summed E-state index contributed by atoms with van der Waals surface area (Å²) in [6.45, 7) is 2.89. The van der Waals surface area contributed by atoms with Crippen LogP contribution in [0.3, 0.4) is 0 Å². The molecule has 0 heterocycles. The summed E-state index contributed by atoms with van der Waals surface area (Å²) in [4.78, 5) is 11.8. The zero-order chi connectivity index (χ0) is 22.4. The van der Waals surface area contributed by atoms with Crippen LogP contribution in [-0.2, 0) is 21.4 Å². The molecule has 4 N–H and O–H groups in total. The van der Waals surface area contributed by atoms with Gasteiger partial charge in [0.15, 0.2) is 11.6 Å². The van der Waals surface area contributed by atoms with E-state index in [2.05, 4.69) is 11.9 Å². The second kappa shape index (κ2) is 9.65. The first kappa shape index (κ1) is 24.3. The number of carbonyl (C=O) groups is 1. The Labute approximate surface area is 164 Å². The Morgan fingerprint density at radius 3 is 2.24 bits per heavy atom. The minimum atomic E-state index is -4.73. The molecule has 6 nitrogen and oxygen atoms in total. The number of alkyl halides is 3. The van der Waals surface area contributed by atoms with Crippen molar-refractivity contribution in [2.24, 2.45) is 5.73 Å². The summed E-state index contributed by atoms with van der Waals surface area (Å²) >= 11 is 0. The predicted octanol–water partition coefficient (Wildman–Crippen LogP) is 2.51. The lowest BCUT2D eigenvalue weighted by molar-refractivity contribution is -0.138. The number of allylic oxidation sites excluding steroid dienone is 2. The quantitative estimate of drug-likeness (QED) is 0.329. The summed E-state index contributed by atoms with van der Waals surface area (Å²) in [5.74, 6) is -3.27. The number of nitrogens with one attached hydrogen (secondary N) is 2. The first-order valence-electron chi connectivity index (χ1n) is 7.81. The van der Waals surface area contributed by atoms with Gasteiger partial charge in [-0.15, -0.1) is 0 Å². The van der Waals surface area contributed by atoms with Gasteiger partial charge in [-0.25, -0.2) is 17.2 Å². The van der Waals surface area contributed by atoms with Gasteiger partial charge in [0, 0.05) is 12.6 Å². The average molecular weight is 439 g/mol. The van der Waals surface area contributed by atoms with E-state index in [1.165, 1.54) is 0 Å². The number of hydrogen-bond donors (Lipinski definition) is 3. The highest BCUT2D eigenvalue weighted by Gasteiger charge is 2.38. The maximum Gasteiger partial charge on any atom is 0.407 e. The van der Waals surface area contributed by atoms with Crippen molar-refractivity contribution in [3.05, 3.63) is 65.8 Å². The van der Waals surface area contributed by atoms with E-state index in [1.807, 2.05) is 0 Å². The molecule has 0 saturated heterocycles. The minimum Gasteiger partial charge on any atom is -0.348 e. The second-order valence-electron chi connectivity index (χ2n) is 5.78. The van der Waals surface area contributed by atoms with Crippen molar-refractivity contribution in [1.29, 1.82) is 0 Å². The van der Waals surface area contributed by atoms with Gasteiger partial charge in [-0.1, -0.05) is 24.8 Å². The van der Waals surface area contributed by atoms with Crippen LogP contribution in [0.5, 0.6) is 0 Å². The van der Waals surface area contributed by atoms with E-state index in [4.69, 9.17) is 5.73 Å². The number of sulfonamides is 1. The van der Waals surface area contributed by atoms with Crippen LogP contribution in [0, 0.1) is 11.6 Å². The van der Waals surface area contributed by atoms with Crippen molar-refractivity contribution in [2.45, 2.75) is 18.8 Å². The van der Waals surface area contributed by atoms with Gasteiger partial charge < -0.3 is 11.1 Å². The molecule has 12 heteroatoms. The van der Waals surface area contributed by atoms with E-state index in [-0.39, 0.29) is 12.1 Å². The summed E-state index contributed by atoms with van der Waals surface area (Å²) < 4.78 is 89.6. The van der Waals surface area contributed by atoms with E-state index < -0.39 is 51.0 Å². The summed E-state index contributed by atoms with van der Waals surface area (Å²) in [7, 11) is -3.91. The van der Waals surface area contributed by atoms with Gasteiger partial charge in [-0.2, -0.15) is 13.2 Å². The molecule has 0 spiro atoms. The van der Waals surface area contributed by atoms with Gasteiger partial charge in [0.2, 0.25) is 15.9 Å². The molecule has 0 aliphatic rings. The summed E-state index contributed by atoms with van der Waals surface area (Å²) in [5, 5.41) is 2.22.